The second-order valence-electron chi connectivity index (χ2n) is 6.95. The van der Waals surface area contributed by atoms with E-state index in [1.807, 2.05) is 74.6 Å². The number of ether oxygens (including phenoxy) is 3. The van der Waals surface area contributed by atoms with E-state index in [0.717, 1.165) is 11.1 Å². The first-order chi connectivity index (χ1) is 14.6. The Bertz CT molecular complexity index is 944. The van der Waals surface area contributed by atoms with E-state index in [1.54, 1.807) is 25.3 Å². The third-order valence-electron chi connectivity index (χ3n) is 4.91. The zero-order valence-electron chi connectivity index (χ0n) is 17.5. The minimum Gasteiger partial charge on any atom is -0.493 e. The first-order valence-corrected chi connectivity index (χ1v) is 9.90. The van der Waals surface area contributed by atoms with Gasteiger partial charge in [-0.2, -0.15) is 0 Å². The minimum atomic E-state index is -0.418. The van der Waals surface area contributed by atoms with Gasteiger partial charge >= 0.3 is 5.97 Å². The van der Waals surface area contributed by atoms with Crippen LogP contribution in [0.25, 0.3) is 0 Å². The van der Waals surface area contributed by atoms with Crippen molar-refractivity contribution in [1.29, 1.82) is 0 Å². The Hall–Kier alpha value is -3.31. The number of methoxy groups -OCH3 is 1. The summed E-state index contributed by atoms with van der Waals surface area (Å²) in [6, 6.07) is 24.6. The number of benzene rings is 3. The number of carbonyl (C=O) groups is 1. The molecule has 5 nitrogen and oxygen atoms in total. The summed E-state index contributed by atoms with van der Waals surface area (Å²) in [6.45, 7) is 2.39. The van der Waals surface area contributed by atoms with Gasteiger partial charge in [0.25, 0.3) is 0 Å². The summed E-state index contributed by atoms with van der Waals surface area (Å²) in [7, 11) is 3.39. The van der Waals surface area contributed by atoms with Crippen molar-refractivity contribution in [2.75, 3.05) is 14.2 Å². The highest BCUT2D eigenvalue weighted by molar-refractivity contribution is 5.90. The van der Waals surface area contributed by atoms with E-state index in [1.165, 1.54) is 0 Å². The van der Waals surface area contributed by atoms with E-state index in [-0.39, 0.29) is 6.04 Å². The number of nitrogens with one attached hydrogen (secondary N) is 1. The lowest BCUT2D eigenvalue weighted by Gasteiger charge is -2.24. The van der Waals surface area contributed by atoms with Crippen LogP contribution in [0.15, 0.2) is 78.9 Å². The Morgan fingerprint density at radius 3 is 2.23 bits per heavy atom. The molecule has 0 saturated heterocycles. The van der Waals surface area contributed by atoms with Crippen molar-refractivity contribution in [1.82, 2.24) is 5.32 Å². The van der Waals surface area contributed by atoms with Crippen LogP contribution in [0.1, 0.15) is 34.5 Å². The smallest absolute Gasteiger partial charge is 0.338 e. The first-order valence-electron chi connectivity index (χ1n) is 9.90. The molecule has 156 valence electrons. The van der Waals surface area contributed by atoms with Gasteiger partial charge in [-0.25, -0.2) is 4.79 Å². The molecule has 0 amide bonds. The summed E-state index contributed by atoms with van der Waals surface area (Å²) in [5.41, 5.74) is 2.39. The maximum atomic E-state index is 12.9. The molecular weight excluding hydrogens is 378 g/mol. The second kappa shape index (κ2) is 10.5. The van der Waals surface area contributed by atoms with Crippen molar-refractivity contribution in [3.05, 3.63) is 95.6 Å². The number of esters is 1. The van der Waals surface area contributed by atoms with Gasteiger partial charge in [-0.3, -0.25) is 0 Å². The third kappa shape index (κ3) is 5.39. The molecule has 0 aliphatic rings. The molecule has 0 aliphatic heterocycles. The largest absolute Gasteiger partial charge is 0.493 e. The van der Waals surface area contributed by atoms with Crippen LogP contribution in [0.2, 0.25) is 0 Å². The maximum absolute atomic E-state index is 12.9. The lowest BCUT2D eigenvalue weighted by molar-refractivity contribution is 0.0219. The van der Waals surface area contributed by atoms with Gasteiger partial charge in [0, 0.05) is 6.04 Å². The maximum Gasteiger partial charge on any atom is 0.338 e. The predicted octanol–water partition coefficient (Wildman–Crippen LogP) is 4.78. The molecule has 2 atom stereocenters. The van der Waals surface area contributed by atoms with Crippen molar-refractivity contribution >= 4 is 5.97 Å². The Morgan fingerprint density at radius 1 is 0.933 bits per heavy atom. The Balaban J connectivity index is 1.75. The average molecular weight is 405 g/mol. The topological polar surface area (TPSA) is 56.8 Å². The molecule has 5 heteroatoms. The summed E-state index contributed by atoms with van der Waals surface area (Å²) >= 11 is 0. The summed E-state index contributed by atoms with van der Waals surface area (Å²) in [5, 5.41) is 3.16. The minimum absolute atomic E-state index is 0.0493. The molecule has 0 heterocycles. The molecule has 0 aliphatic carbocycles. The predicted molar refractivity (Wildman–Crippen MR) is 117 cm³/mol. The van der Waals surface area contributed by atoms with Crippen LogP contribution < -0.4 is 14.8 Å². The zero-order valence-corrected chi connectivity index (χ0v) is 17.5. The number of carbonyl (C=O) groups excluding carboxylic acids is 1. The number of rotatable bonds is 9. The van der Waals surface area contributed by atoms with E-state index in [4.69, 9.17) is 14.2 Å². The van der Waals surface area contributed by atoms with E-state index >= 15 is 0 Å². The molecule has 3 rings (SSSR count). The van der Waals surface area contributed by atoms with Gasteiger partial charge in [0.05, 0.1) is 12.7 Å². The van der Waals surface area contributed by atoms with Gasteiger partial charge in [-0.15, -0.1) is 0 Å². The molecule has 0 fully saturated rings. The molecule has 0 spiro atoms. The number of likely N-dealkylation sites (N-methyl/N-ethyl adjacent to an activating group) is 1. The van der Waals surface area contributed by atoms with Crippen LogP contribution in [0, 0.1) is 0 Å². The SMILES string of the molecule is CN[C@H](C)[C@@H](OC(=O)c1ccc(OCc2ccccc2)c(OC)c1)c1ccccc1. The molecule has 1 N–H and O–H groups in total. The number of hydrogen-bond acceptors (Lipinski definition) is 5. The highest BCUT2D eigenvalue weighted by Crippen LogP contribution is 2.30. The molecule has 0 radical (unpaired) electrons. The first kappa shape index (κ1) is 21.4. The van der Waals surface area contributed by atoms with Crippen LogP contribution in [-0.4, -0.2) is 26.2 Å². The Labute approximate surface area is 177 Å². The summed E-state index contributed by atoms with van der Waals surface area (Å²) in [6.07, 6.45) is -0.413. The van der Waals surface area contributed by atoms with Crippen LogP contribution in [0.4, 0.5) is 0 Å². The summed E-state index contributed by atoms with van der Waals surface area (Å²) in [4.78, 5) is 12.9. The van der Waals surface area contributed by atoms with Crippen LogP contribution in [0.5, 0.6) is 11.5 Å². The molecule has 3 aromatic rings. The monoisotopic (exact) mass is 405 g/mol. The van der Waals surface area contributed by atoms with Crippen LogP contribution >= 0.6 is 0 Å². The fourth-order valence-electron chi connectivity index (χ4n) is 3.09. The average Bonchev–Trinajstić information content (AvgIpc) is 2.81. The van der Waals surface area contributed by atoms with E-state index < -0.39 is 12.1 Å². The standard InChI is InChI=1S/C25H27NO4/c1-18(26-2)24(20-12-8-5-9-13-20)30-25(27)21-14-15-22(23(16-21)28-3)29-17-19-10-6-4-7-11-19/h4-16,18,24,26H,17H2,1-3H3/t18-,24-/m1/s1. The fourth-order valence-corrected chi connectivity index (χ4v) is 3.09. The molecule has 0 aromatic heterocycles. The lowest BCUT2D eigenvalue weighted by Crippen LogP contribution is -2.32. The van der Waals surface area contributed by atoms with Crippen LogP contribution in [-0.2, 0) is 11.3 Å². The van der Waals surface area contributed by atoms with Crippen molar-refractivity contribution in [2.24, 2.45) is 0 Å². The number of hydrogen-bond donors (Lipinski definition) is 1. The molecule has 3 aromatic carbocycles. The van der Waals surface area contributed by atoms with Gasteiger partial charge in [0.1, 0.15) is 12.7 Å². The Kier molecular flexibility index (Phi) is 7.46. The molecular formula is C25H27NO4. The van der Waals surface area contributed by atoms with Crippen molar-refractivity contribution in [2.45, 2.75) is 25.7 Å². The molecule has 0 saturated carbocycles. The van der Waals surface area contributed by atoms with Gasteiger partial charge in [-0.1, -0.05) is 60.7 Å². The van der Waals surface area contributed by atoms with Gasteiger partial charge in [0.15, 0.2) is 11.5 Å². The zero-order chi connectivity index (χ0) is 21.3. The Morgan fingerprint density at radius 2 is 1.60 bits per heavy atom. The molecule has 30 heavy (non-hydrogen) atoms. The summed E-state index contributed by atoms with van der Waals surface area (Å²) in [5.74, 6) is 0.637. The molecule has 0 unspecified atom stereocenters. The summed E-state index contributed by atoms with van der Waals surface area (Å²) < 4.78 is 17.2. The van der Waals surface area contributed by atoms with Gasteiger partial charge in [-0.05, 0) is 43.3 Å². The highest BCUT2D eigenvalue weighted by atomic mass is 16.5. The van der Waals surface area contributed by atoms with E-state index in [2.05, 4.69) is 5.32 Å². The van der Waals surface area contributed by atoms with Crippen molar-refractivity contribution in [3.63, 3.8) is 0 Å². The fraction of sp³-hybridized carbons (Fsp3) is 0.240. The molecule has 0 bridgehead atoms. The van der Waals surface area contributed by atoms with Crippen LogP contribution in [0.3, 0.4) is 0 Å². The van der Waals surface area contributed by atoms with Crippen molar-refractivity contribution in [3.8, 4) is 11.5 Å². The normalized spacial score (nSPS) is 12.6. The quantitative estimate of drug-likeness (QED) is 0.519. The second-order valence-corrected chi connectivity index (χ2v) is 6.95. The lowest BCUT2D eigenvalue weighted by atomic mass is 10.0. The van der Waals surface area contributed by atoms with Gasteiger partial charge < -0.3 is 19.5 Å². The highest BCUT2D eigenvalue weighted by Gasteiger charge is 2.24. The van der Waals surface area contributed by atoms with E-state index in [0.29, 0.717) is 23.7 Å². The van der Waals surface area contributed by atoms with Crippen molar-refractivity contribution < 1.29 is 19.0 Å². The van der Waals surface area contributed by atoms with E-state index in [9.17, 15) is 4.79 Å². The van der Waals surface area contributed by atoms with Gasteiger partial charge in [0.2, 0.25) is 0 Å². The third-order valence-corrected chi connectivity index (χ3v) is 4.91.